The zero-order valence-corrected chi connectivity index (χ0v) is 14.4. The maximum absolute atomic E-state index is 13.1. The second-order valence-corrected chi connectivity index (χ2v) is 5.46. The van der Waals surface area contributed by atoms with Gasteiger partial charge < -0.3 is 14.8 Å². The Hall–Kier alpha value is -2.08. The Balaban J connectivity index is 2.29. The lowest BCUT2D eigenvalue weighted by molar-refractivity contribution is 0.102. The second kappa shape index (κ2) is 7.97. The van der Waals surface area contributed by atoms with E-state index in [0.717, 1.165) is 0 Å². The number of carbonyl (C=O) groups excluding carboxylic acids is 1. The molecule has 0 saturated carbocycles. The van der Waals surface area contributed by atoms with Crippen molar-refractivity contribution in [3.8, 4) is 11.5 Å². The van der Waals surface area contributed by atoms with Crippen LogP contribution >= 0.6 is 15.9 Å². The number of benzene rings is 2. The number of halogens is 2. The van der Waals surface area contributed by atoms with Crippen LogP contribution in [-0.4, -0.2) is 19.1 Å². The summed E-state index contributed by atoms with van der Waals surface area (Å²) in [6.45, 7) is 4.73. The van der Waals surface area contributed by atoms with Gasteiger partial charge in [-0.2, -0.15) is 0 Å². The van der Waals surface area contributed by atoms with E-state index in [-0.39, 0.29) is 5.91 Å². The van der Waals surface area contributed by atoms with E-state index in [0.29, 0.717) is 40.4 Å². The van der Waals surface area contributed by atoms with Gasteiger partial charge in [0.1, 0.15) is 17.3 Å². The molecule has 2 rings (SSSR count). The zero-order chi connectivity index (χ0) is 16.8. The summed E-state index contributed by atoms with van der Waals surface area (Å²) in [7, 11) is 0. The van der Waals surface area contributed by atoms with Crippen LogP contribution < -0.4 is 14.8 Å². The molecule has 1 N–H and O–H groups in total. The Labute approximate surface area is 142 Å². The summed E-state index contributed by atoms with van der Waals surface area (Å²) in [6.07, 6.45) is 0. The van der Waals surface area contributed by atoms with Gasteiger partial charge in [-0.25, -0.2) is 4.39 Å². The lowest BCUT2D eigenvalue weighted by Gasteiger charge is -2.14. The van der Waals surface area contributed by atoms with Crippen LogP contribution in [0.4, 0.5) is 10.1 Å². The molecule has 2 aromatic rings. The van der Waals surface area contributed by atoms with Crippen molar-refractivity contribution >= 4 is 27.5 Å². The topological polar surface area (TPSA) is 47.6 Å². The average molecular weight is 382 g/mol. The number of hydrogen-bond acceptors (Lipinski definition) is 3. The SMILES string of the molecule is CCOc1ccc(OCC)c(NC(=O)c2ccc(F)cc2Br)c1. The molecule has 0 atom stereocenters. The minimum atomic E-state index is -0.415. The number of anilines is 1. The summed E-state index contributed by atoms with van der Waals surface area (Å²) in [5, 5.41) is 2.77. The first-order valence-electron chi connectivity index (χ1n) is 7.21. The monoisotopic (exact) mass is 381 g/mol. The molecule has 0 heterocycles. The van der Waals surface area contributed by atoms with E-state index in [9.17, 15) is 9.18 Å². The zero-order valence-electron chi connectivity index (χ0n) is 12.9. The molecule has 2 aromatic carbocycles. The largest absolute Gasteiger partial charge is 0.494 e. The molecule has 0 radical (unpaired) electrons. The molecule has 6 heteroatoms. The van der Waals surface area contributed by atoms with Gasteiger partial charge in [0.2, 0.25) is 0 Å². The van der Waals surface area contributed by atoms with E-state index in [2.05, 4.69) is 21.2 Å². The number of hydrogen-bond donors (Lipinski definition) is 1. The molecule has 1 amide bonds. The maximum atomic E-state index is 13.1. The van der Waals surface area contributed by atoms with Crippen molar-refractivity contribution in [3.63, 3.8) is 0 Å². The van der Waals surface area contributed by atoms with Crippen molar-refractivity contribution in [2.45, 2.75) is 13.8 Å². The lowest BCUT2D eigenvalue weighted by atomic mass is 10.2. The van der Waals surface area contributed by atoms with E-state index in [1.165, 1.54) is 18.2 Å². The predicted molar refractivity (Wildman–Crippen MR) is 90.8 cm³/mol. The van der Waals surface area contributed by atoms with Crippen molar-refractivity contribution in [1.29, 1.82) is 0 Å². The summed E-state index contributed by atoms with van der Waals surface area (Å²) in [6, 6.07) is 9.11. The second-order valence-electron chi connectivity index (χ2n) is 4.60. The fraction of sp³-hybridized carbons (Fsp3) is 0.235. The molecular weight excluding hydrogens is 365 g/mol. The molecule has 0 aliphatic carbocycles. The minimum absolute atomic E-state index is 0.329. The molecule has 0 aliphatic heterocycles. The van der Waals surface area contributed by atoms with Crippen LogP contribution in [0.15, 0.2) is 40.9 Å². The maximum Gasteiger partial charge on any atom is 0.256 e. The third-order valence-electron chi connectivity index (χ3n) is 2.99. The molecule has 23 heavy (non-hydrogen) atoms. The van der Waals surface area contributed by atoms with E-state index >= 15 is 0 Å². The fourth-order valence-corrected chi connectivity index (χ4v) is 2.54. The molecule has 122 valence electrons. The molecule has 0 unspecified atom stereocenters. The molecule has 0 fully saturated rings. The van der Waals surface area contributed by atoms with Gasteiger partial charge in [-0.05, 0) is 60.1 Å². The summed E-state index contributed by atoms with van der Waals surface area (Å²) >= 11 is 3.19. The van der Waals surface area contributed by atoms with Crippen LogP contribution in [0.1, 0.15) is 24.2 Å². The van der Waals surface area contributed by atoms with Gasteiger partial charge in [0, 0.05) is 10.5 Å². The van der Waals surface area contributed by atoms with Gasteiger partial charge in [0.25, 0.3) is 5.91 Å². The average Bonchev–Trinajstić information content (AvgIpc) is 2.50. The van der Waals surface area contributed by atoms with Crippen LogP contribution in [0.25, 0.3) is 0 Å². The van der Waals surface area contributed by atoms with Crippen LogP contribution in [0, 0.1) is 5.82 Å². The minimum Gasteiger partial charge on any atom is -0.494 e. The van der Waals surface area contributed by atoms with Gasteiger partial charge in [0.05, 0.1) is 24.5 Å². The van der Waals surface area contributed by atoms with Gasteiger partial charge in [-0.15, -0.1) is 0 Å². The summed E-state index contributed by atoms with van der Waals surface area (Å²) in [5.74, 6) is 0.389. The van der Waals surface area contributed by atoms with Crippen molar-refractivity contribution in [2.24, 2.45) is 0 Å². The van der Waals surface area contributed by atoms with Crippen LogP contribution in [-0.2, 0) is 0 Å². The molecule has 4 nitrogen and oxygen atoms in total. The predicted octanol–water partition coefficient (Wildman–Crippen LogP) is 4.64. The van der Waals surface area contributed by atoms with E-state index in [1.807, 2.05) is 13.8 Å². The highest BCUT2D eigenvalue weighted by molar-refractivity contribution is 9.10. The first kappa shape index (κ1) is 17.3. The van der Waals surface area contributed by atoms with Crippen LogP contribution in [0.2, 0.25) is 0 Å². The third kappa shape index (κ3) is 4.45. The van der Waals surface area contributed by atoms with E-state index < -0.39 is 5.82 Å². The van der Waals surface area contributed by atoms with Gasteiger partial charge >= 0.3 is 0 Å². The van der Waals surface area contributed by atoms with Gasteiger partial charge in [0.15, 0.2) is 0 Å². The Morgan fingerprint density at radius 3 is 2.52 bits per heavy atom. The highest BCUT2D eigenvalue weighted by atomic mass is 79.9. The van der Waals surface area contributed by atoms with Crippen molar-refractivity contribution < 1.29 is 18.7 Å². The van der Waals surface area contributed by atoms with Crippen LogP contribution in [0.3, 0.4) is 0 Å². The Kier molecular flexibility index (Phi) is 5.98. The Morgan fingerprint density at radius 2 is 1.87 bits per heavy atom. The van der Waals surface area contributed by atoms with Crippen molar-refractivity contribution in [3.05, 3.63) is 52.3 Å². The smallest absolute Gasteiger partial charge is 0.256 e. The first-order chi connectivity index (χ1) is 11.0. The highest BCUT2D eigenvalue weighted by Crippen LogP contribution is 2.30. The van der Waals surface area contributed by atoms with Gasteiger partial charge in [-0.1, -0.05) is 0 Å². The quantitative estimate of drug-likeness (QED) is 0.792. The standard InChI is InChI=1S/C17H17BrFNO3/c1-3-22-12-6-8-16(23-4-2)15(10-12)20-17(21)13-7-5-11(19)9-14(13)18/h5-10H,3-4H2,1-2H3,(H,20,21). The summed E-state index contributed by atoms with van der Waals surface area (Å²) in [5.41, 5.74) is 0.828. The molecule has 0 aromatic heterocycles. The number of carbonyl (C=O) groups is 1. The number of ether oxygens (including phenoxy) is 2. The third-order valence-corrected chi connectivity index (χ3v) is 3.64. The van der Waals surface area contributed by atoms with Crippen molar-refractivity contribution in [2.75, 3.05) is 18.5 Å². The molecule has 0 spiro atoms. The molecular formula is C17H17BrFNO3. The molecule has 0 saturated heterocycles. The molecule has 0 bridgehead atoms. The summed E-state index contributed by atoms with van der Waals surface area (Å²) < 4.78 is 24.5. The van der Waals surface area contributed by atoms with E-state index in [1.54, 1.807) is 18.2 Å². The summed E-state index contributed by atoms with van der Waals surface area (Å²) in [4.78, 5) is 12.4. The molecule has 0 aliphatic rings. The highest BCUT2D eigenvalue weighted by Gasteiger charge is 2.14. The Morgan fingerprint density at radius 1 is 1.13 bits per heavy atom. The fourth-order valence-electron chi connectivity index (χ4n) is 2.01. The van der Waals surface area contributed by atoms with Crippen molar-refractivity contribution in [1.82, 2.24) is 0 Å². The normalized spacial score (nSPS) is 10.3. The van der Waals surface area contributed by atoms with Gasteiger partial charge in [-0.3, -0.25) is 4.79 Å². The van der Waals surface area contributed by atoms with E-state index in [4.69, 9.17) is 9.47 Å². The van der Waals surface area contributed by atoms with Crippen LogP contribution in [0.5, 0.6) is 11.5 Å². The lowest BCUT2D eigenvalue weighted by Crippen LogP contribution is -2.14. The number of rotatable bonds is 6. The number of nitrogens with one attached hydrogen (secondary N) is 1. The Bertz CT molecular complexity index is 706. The first-order valence-corrected chi connectivity index (χ1v) is 8.00. The number of amides is 1.